The highest BCUT2D eigenvalue weighted by Crippen LogP contribution is 2.16. The smallest absolute Gasteiger partial charge is 0.329 e. The second-order valence-corrected chi connectivity index (χ2v) is 8.38. The van der Waals surface area contributed by atoms with E-state index in [2.05, 4.69) is 5.32 Å². The van der Waals surface area contributed by atoms with E-state index < -0.39 is 10.0 Å². The Kier molecular flexibility index (Phi) is 5.90. The predicted octanol–water partition coefficient (Wildman–Crippen LogP) is 1.74. The van der Waals surface area contributed by atoms with Crippen molar-refractivity contribution in [3.8, 4) is 0 Å². The van der Waals surface area contributed by atoms with Crippen LogP contribution in [0.1, 0.15) is 31.9 Å². The Morgan fingerprint density at radius 3 is 2.21 bits per heavy atom. The Labute approximate surface area is 169 Å². The average molecular weight is 417 g/mol. The second kappa shape index (κ2) is 8.22. The van der Waals surface area contributed by atoms with Crippen LogP contribution in [0.25, 0.3) is 11.0 Å². The molecule has 3 N–H and O–H groups in total. The largest absolute Gasteiger partial charge is 0.350 e. The van der Waals surface area contributed by atoms with Crippen molar-refractivity contribution in [2.45, 2.75) is 44.3 Å². The molecule has 0 aliphatic carbocycles. The van der Waals surface area contributed by atoms with Gasteiger partial charge < -0.3 is 5.32 Å². The Morgan fingerprint density at radius 2 is 1.66 bits per heavy atom. The number of hydrogen-bond acceptors (Lipinski definition) is 4. The molecule has 0 spiro atoms. The maximum atomic E-state index is 12.6. The molecule has 0 aliphatic heterocycles. The number of carbonyl (C=O) groups excluding carboxylic acids is 1. The van der Waals surface area contributed by atoms with Crippen LogP contribution in [0, 0.1) is 0 Å². The number of rotatable bonds is 7. The molecule has 0 fully saturated rings. The van der Waals surface area contributed by atoms with Crippen molar-refractivity contribution in [1.29, 1.82) is 0 Å². The third-order valence-electron chi connectivity index (χ3n) is 4.89. The fourth-order valence-electron chi connectivity index (χ4n) is 3.35. The molecule has 0 radical (unpaired) electrons. The van der Waals surface area contributed by atoms with Crippen molar-refractivity contribution < 1.29 is 13.2 Å². The number of primary sulfonamides is 1. The molecule has 2 aromatic carbocycles. The number of aromatic nitrogens is 2. The van der Waals surface area contributed by atoms with Gasteiger partial charge in [-0.15, -0.1) is 0 Å². The molecule has 8 nitrogen and oxygen atoms in total. The normalized spacial score (nSPS) is 12.8. The third kappa shape index (κ3) is 4.41. The van der Waals surface area contributed by atoms with Crippen LogP contribution in [0.4, 0.5) is 0 Å². The van der Waals surface area contributed by atoms with Crippen molar-refractivity contribution in [3.63, 3.8) is 0 Å². The Morgan fingerprint density at radius 1 is 1.07 bits per heavy atom. The number of carbonyl (C=O) groups is 1. The van der Waals surface area contributed by atoms with Crippen molar-refractivity contribution in [3.05, 3.63) is 64.6 Å². The van der Waals surface area contributed by atoms with Gasteiger partial charge in [-0.05, 0) is 43.7 Å². The van der Waals surface area contributed by atoms with Crippen LogP contribution in [0.2, 0.25) is 0 Å². The van der Waals surface area contributed by atoms with Crippen LogP contribution in [0.15, 0.2) is 58.2 Å². The maximum Gasteiger partial charge on any atom is 0.329 e. The number of para-hydroxylation sites is 2. The van der Waals surface area contributed by atoms with E-state index in [9.17, 15) is 18.0 Å². The van der Waals surface area contributed by atoms with Gasteiger partial charge in [-0.1, -0.05) is 24.3 Å². The van der Waals surface area contributed by atoms with Gasteiger partial charge in [0.1, 0.15) is 0 Å². The third-order valence-corrected chi connectivity index (χ3v) is 5.82. The van der Waals surface area contributed by atoms with Gasteiger partial charge in [0.2, 0.25) is 15.9 Å². The summed E-state index contributed by atoms with van der Waals surface area (Å²) in [7, 11) is -3.75. The maximum absolute atomic E-state index is 12.6. The second-order valence-electron chi connectivity index (χ2n) is 6.82. The summed E-state index contributed by atoms with van der Waals surface area (Å²) < 4.78 is 26.0. The van der Waals surface area contributed by atoms with Crippen molar-refractivity contribution in [2.75, 3.05) is 0 Å². The van der Waals surface area contributed by atoms with Crippen LogP contribution in [0.5, 0.6) is 0 Å². The molecule has 1 atom stereocenters. The van der Waals surface area contributed by atoms with Crippen molar-refractivity contribution >= 4 is 27.0 Å². The fourth-order valence-corrected chi connectivity index (χ4v) is 3.87. The van der Waals surface area contributed by atoms with Crippen LogP contribution < -0.4 is 16.1 Å². The summed E-state index contributed by atoms with van der Waals surface area (Å²) >= 11 is 0. The van der Waals surface area contributed by atoms with Gasteiger partial charge in [0.25, 0.3) is 0 Å². The van der Waals surface area contributed by atoms with Crippen LogP contribution in [0.3, 0.4) is 0 Å². The minimum atomic E-state index is -3.75. The van der Waals surface area contributed by atoms with Crippen LogP contribution in [-0.4, -0.2) is 23.5 Å². The number of aryl methyl sites for hydroxylation is 2. The summed E-state index contributed by atoms with van der Waals surface area (Å²) in [5, 5.41) is 7.97. The minimum Gasteiger partial charge on any atom is -0.350 e. The number of amides is 1. The van der Waals surface area contributed by atoms with Gasteiger partial charge in [0.15, 0.2) is 0 Å². The zero-order chi connectivity index (χ0) is 21.2. The monoisotopic (exact) mass is 416 g/mol. The van der Waals surface area contributed by atoms with E-state index in [0.29, 0.717) is 6.54 Å². The Hall–Kier alpha value is -2.91. The van der Waals surface area contributed by atoms with E-state index in [1.54, 1.807) is 28.2 Å². The lowest BCUT2D eigenvalue weighted by Crippen LogP contribution is -2.30. The SMILES string of the molecule is CCn1c(=O)n(CCC(=O)N[C@@H](C)c2ccc(S(N)(=O)=O)cc2)c2ccccc21. The van der Waals surface area contributed by atoms with Gasteiger partial charge in [0.05, 0.1) is 22.0 Å². The van der Waals surface area contributed by atoms with Gasteiger partial charge in [-0.25, -0.2) is 18.4 Å². The number of benzene rings is 2. The van der Waals surface area contributed by atoms with Gasteiger partial charge in [-0.3, -0.25) is 13.9 Å². The van der Waals surface area contributed by atoms with Gasteiger partial charge in [0, 0.05) is 19.5 Å². The molecule has 3 aromatic rings. The number of hydrogen-bond donors (Lipinski definition) is 2. The molecule has 0 saturated carbocycles. The summed E-state index contributed by atoms with van der Waals surface area (Å²) in [4.78, 5) is 25.0. The highest BCUT2D eigenvalue weighted by Gasteiger charge is 2.15. The fraction of sp³-hybridized carbons (Fsp3) is 0.300. The summed E-state index contributed by atoms with van der Waals surface area (Å²) in [5.41, 5.74) is 2.28. The lowest BCUT2D eigenvalue weighted by Gasteiger charge is -2.15. The zero-order valence-electron chi connectivity index (χ0n) is 16.3. The van der Waals surface area contributed by atoms with Crippen LogP contribution in [-0.2, 0) is 27.9 Å². The first-order chi connectivity index (χ1) is 13.7. The van der Waals surface area contributed by atoms with E-state index >= 15 is 0 Å². The van der Waals surface area contributed by atoms with E-state index in [1.165, 1.54) is 12.1 Å². The first-order valence-corrected chi connectivity index (χ1v) is 10.9. The quantitative estimate of drug-likeness (QED) is 0.610. The molecule has 154 valence electrons. The number of nitrogens with one attached hydrogen (secondary N) is 1. The average Bonchev–Trinajstić information content (AvgIpc) is 2.96. The first-order valence-electron chi connectivity index (χ1n) is 9.32. The number of nitrogens with two attached hydrogens (primary N) is 1. The highest BCUT2D eigenvalue weighted by atomic mass is 32.2. The number of imidazole rings is 1. The molecule has 9 heteroatoms. The number of sulfonamides is 1. The lowest BCUT2D eigenvalue weighted by molar-refractivity contribution is -0.121. The predicted molar refractivity (Wildman–Crippen MR) is 111 cm³/mol. The molecule has 1 amide bonds. The standard InChI is InChI=1S/C20H24N4O4S/c1-3-23-17-6-4-5-7-18(17)24(20(23)26)13-12-19(25)22-14(2)15-8-10-16(11-9-15)29(21,27)28/h4-11,14H,3,12-13H2,1-2H3,(H,22,25)(H2,21,27,28)/t14-/m0/s1. The molecule has 0 saturated heterocycles. The van der Waals surface area contributed by atoms with Gasteiger partial charge in [-0.2, -0.15) is 0 Å². The highest BCUT2D eigenvalue weighted by molar-refractivity contribution is 7.89. The van der Waals surface area contributed by atoms with E-state index in [0.717, 1.165) is 16.6 Å². The summed E-state index contributed by atoms with van der Waals surface area (Å²) in [5.74, 6) is -0.201. The lowest BCUT2D eigenvalue weighted by atomic mass is 10.1. The topological polar surface area (TPSA) is 116 Å². The van der Waals surface area contributed by atoms with Crippen molar-refractivity contribution in [2.24, 2.45) is 5.14 Å². The van der Waals surface area contributed by atoms with E-state index in [4.69, 9.17) is 5.14 Å². The molecule has 0 aliphatic rings. The Bertz CT molecular complexity index is 1190. The van der Waals surface area contributed by atoms with E-state index in [1.807, 2.05) is 31.2 Å². The van der Waals surface area contributed by atoms with E-state index in [-0.39, 0.29) is 35.5 Å². The summed E-state index contributed by atoms with van der Waals surface area (Å²) in [6, 6.07) is 13.2. The van der Waals surface area contributed by atoms with Crippen LogP contribution >= 0.6 is 0 Å². The molecule has 29 heavy (non-hydrogen) atoms. The molecule has 0 unspecified atom stereocenters. The minimum absolute atomic E-state index is 0.0199. The Balaban J connectivity index is 1.68. The number of fused-ring (bicyclic) bond motifs is 1. The molecule has 3 rings (SSSR count). The molecule has 1 heterocycles. The molecular formula is C20H24N4O4S. The molecule has 0 bridgehead atoms. The van der Waals surface area contributed by atoms with Gasteiger partial charge >= 0.3 is 5.69 Å². The number of nitrogens with zero attached hydrogens (tertiary/aromatic N) is 2. The van der Waals surface area contributed by atoms with Crippen molar-refractivity contribution in [1.82, 2.24) is 14.5 Å². The zero-order valence-corrected chi connectivity index (χ0v) is 17.1. The molecular weight excluding hydrogens is 392 g/mol. The first kappa shape index (κ1) is 20.8. The summed E-state index contributed by atoms with van der Waals surface area (Å²) in [6.45, 7) is 4.55. The summed E-state index contributed by atoms with van der Waals surface area (Å²) in [6.07, 6.45) is 0.150. The molecule has 1 aromatic heterocycles.